The number of para-hydroxylation sites is 1. The highest BCUT2D eigenvalue weighted by molar-refractivity contribution is 7.19. The van der Waals surface area contributed by atoms with Crippen molar-refractivity contribution in [2.24, 2.45) is 0 Å². The molecule has 2 heterocycles. The van der Waals surface area contributed by atoms with Crippen LogP contribution in [0, 0.1) is 12.1 Å². The SMILES string of the molecule is Cc1nc2c[n+]([O-])c3ccccc3c2s1.O. The molecule has 82 valence electrons. The molecule has 16 heavy (non-hydrogen) atoms. The van der Waals surface area contributed by atoms with Crippen molar-refractivity contribution in [2.75, 3.05) is 0 Å². The first-order valence-corrected chi connectivity index (χ1v) is 5.45. The third kappa shape index (κ3) is 1.41. The molecule has 2 aromatic heterocycles. The summed E-state index contributed by atoms with van der Waals surface area (Å²) in [5.41, 5.74) is 1.49. The Bertz CT molecular complexity index is 663. The Morgan fingerprint density at radius 1 is 1.31 bits per heavy atom. The normalized spacial score (nSPS) is 10.6. The second-order valence-corrected chi connectivity index (χ2v) is 4.62. The van der Waals surface area contributed by atoms with Crippen molar-refractivity contribution in [3.05, 3.63) is 40.7 Å². The molecule has 5 heteroatoms. The van der Waals surface area contributed by atoms with Crippen molar-refractivity contribution in [2.45, 2.75) is 6.92 Å². The van der Waals surface area contributed by atoms with Crippen LogP contribution in [-0.4, -0.2) is 10.5 Å². The number of benzene rings is 1. The van der Waals surface area contributed by atoms with Gasteiger partial charge in [-0.15, -0.1) is 11.3 Å². The topological polar surface area (TPSA) is 71.3 Å². The van der Waals surface area contributed by atoms with Crippen LogP contribution in [0.25, 0.3) is 21.1 Å². The van der Waals surface area contributed by atoms with Gasteiger partial charge >= 0.3 is 0 Å². The zero-order valence-electron chi connectivity index (χ0n) is 8.60. The van der Waals surface area contributed by atoms with Gasteiger partial charge in [-0.25, -0.2) is 4.98 Å². The van der Waals surface area contributed by atoms with E-state index in [1.807, 2.05) is 31.2 Å². The van der Waals surface area contributed by atoms with Gasteiger partial charge in [-0.3, -0.25) is 0 Å². The molecule has 0 atom stereocenters. The first-order chi connectivity index (χ1) is 7.25. The Kier molecular flexibility index (Phi) is 2.49. The predicted molar refractivity (Wildman–Crippen MR) is 64.4 cm³/mol. The molecule has 0 aliphatic heterocycles. The average Bonchev–Trinajstić information content (AvgIpc) is 2.59. The van der Waals surface area contributed by atoms with Crippen LogP contribution in [0.2, 0.25) is 0 Å². The maximum absolute atomic E-state index is 11.7. The standard InChI is InChI=1S/C11H8N2OS.H2O/c1-7-12-9-6-13(14)10-5-3-2-4-8(10)11(9)15-7;/h2-6H,1H3;1H2. The molecule has 0 saturated heterocycles. The molecule has 3 aromatic rings. The fraction of sp³-hybridized carbons (Fsp3) is 0.0909. The highest BCUT2D eigenvalue weighted by Gasteiger charge is 2.11. The Hall–Kier alpha value is -1.72. The molecular weight excluding hydrogens is 224 g/mol. The van der Waals surface area contributed by atoms with E-state index in [-0.39, 0.29) is 5.48 Å². The molecule has 3 rings (SSSR count). The molecule has 0 aliphatic carbocycles. The van der Waals surface area contributed by atoms with Gasteiger partial charge in [0.05, 0.1) is 15.1 Å². The van der Waals surface area contributed by atoms with Crippen LogP contribution in [0.4, 0.5) is 0 Å². The fourth-order valence-corrected chi connectivity index (χ4v) is 2.69. The molecule has 0 spiro atoms. The van der Waals surface area contributed by atoms with E-state index in [4.69, 9.17) is 0 Å². The lowest BCUT2D eigenvalue weighted by atomic mass is 10.2. The van der Waals surface area contributed by atoms with Crippen LogP contribution in [0.15, 0.2) is 30.5 Å². The average molecular weight is 234 g/mol. The van der Waals surface area contributed by atoms with Gasteiger partial charge in [0.1, 0.15) is 5.52 Å². The minimum atomic E-state index is 0. The van der Waals surface area contributed by atoms with Crippen molar-refractivity contribution < 1.29 is 10.2 Å². The van der Waals surface area contributed by atoms with Gasteiger partial charge in [0.15, 0.2) is 0 Å². The van der Waals surface area contributed by atoms with Crippen LogP contribution in [-0.2, 0) is 0 Å². The van der Waals surface area contributed by atoms with E-state index in [9.17, 15) is 5.21 Å². The molecule has 2 N–H and O–H groups in total. The minimum Gasteiger partial charge on any atom is -0.618 e. The smallest absolute Gasteiger partial charge is 0.225 e. The van der Waals surface area contributed by atoms with Gasteiger partial charge in [0, 0.05) is 6.07 Å². The quantitative estimate of drug-likeness (QED) is 0.437. The van der Waals surface area contributed by atoms with Crippen LogP contribution in [0.1, 0.15) is 5.01 Å². The van der Waals surface area contributed by atoms with Crippen molar-refractivity contribution >= 4 is 32.5 Å². The van der Waals surface area contributed by atoms with Gasteiger partial charge in [-0.2, -0.15) is 4.73 Å². The van der Waals surface area contributed by atoms with E-state index in [0.717, 1.165) is 25.3 Å². The van der Waals surface area contributed by atoms with Crippen molar-refractivity contribution in [3.8, 4) is 0 Å². The number of nitrogens with zero attached hydrogens (tertiary/aromatic N) is 2. The van der Waals surface area contributed by atoms with Crippen molar-refractivity contribution in [1.82, 2.24) is 4.98 Å². The highest BCUT2D eigenvalue weighted by Crippen LogP contribution is 2.27. The summed E-state index contributed by atoms with van der Waals surface area (Å²) in [5, 5.41) is 13.7. The summed E-state index contributed by atoms with van der Waals surface area (Å²) in [6.07, 6.45) is 1.54. The second-order valence-electron chi connectivity index (χ2n) is 3.42. The number of aryl methyl sites for hydroxylation is 1. The Morgan fingerprint density at radius 2 is 2.06 bits per heavy atom. The number of aromatic nitrogens is 2. The minimum absolute atomic E-state index is 0. The molecule has 4 nitrogen and oxygen atoms in total. The van der Waals surface area contributed by atoms with E-state index in [0.29, 0.717) is 5.52 Å². The number of fused-ring (bicyclic) bond motifs is 3. The van der Waals surface area contributed by atoms with Gasteiger partial charge in [0.2, 0.25) is 11.7 Å². The Morgan fingerprint density at radius 3 is 2.88 bits per heavy atom. The summed E-state index contributed by atoms with van der Waals surface area (Å²) in [6.45, 7) is 1.95. The zero-order chi connectivity index (χ0) is 10.4. The van der Waals surface area contributed by atoms with Crippen molar-refractivity contribution in [3.63, 3.8) is 0 Å². The van der Waals surface area contributed by atoms with Crippen LogP contribution >= 0.6 is 11.3 Å². The second kappa shape index (κ2) is 3.70. The molecule has 0 bridgehead atoms. The molecule has 0 amide bonds. The molecule has 0 saturated carbocycles. The number of hydrogen-bond donors (Lipinski definition) is 0. The van der Waals surface area contributed by atoms with E-state index in [1.54, 1.807) is 17.5 Å². The molecule has 0 fully saturated rings. The lowest BCUT2D eigenvalue weighted by Crippen LogP contribution is -2.26. The van der Waals surface area contributed by atoms with Crippen LogP contribution < -0.4 is 4.73 Å². The largest absolute Gasteiger partial charge is 0.618 e. The fourth-order valence-electron chi connectivity index (χ4n) is 1.76. The van der Waals surface area contributed by atoms with E-state index < -0.39 is 0 Å². The van der Waals surface area contributed by atoms with Gasteiger partial charge < -0.3 is 10.7 Å². The summed E-state index contributed by atoms with van der Waals surface area (Å²) in [5.74, 6) is 0. The molecular formula is C11H10N2O2S. The van der Waals surface area contributed by atoms with Gasteiger partial charge in [-0.05, 0) is 13.0 Å². The molecule has 0 unspecified atom stereocenters. The third-order valence-electron chi connectivity index (χ3n) is 2.39. The van der Waals surface area contributed by atoms with Gasteiger partial charge in [-0.1, -0.05) is 12.1 Å². The Labute approximate surface area is 95.7 Å². The Balaban J connectivity index is 0.000000963. The van der Waals surface area contributed by atoms with Crippen LogP contribution in [0.3, 0.4) is 0 Å². The molecule has 0 radical (unpaired) electrons. The number of rotatable bonds is 0. The predicted octanol–water partition coefficient (Wildman–Crippen LogP) is 1.57. The number of pyridine rings is 1. The van der Waals surface area contributed by atoms with Crippen molar-refractivity contribution in [1.29, 1.82) is 0 Å². The summed E-state index contributed by atoms with van der Waals surface area (Å²) in [6, 6.07) is 7.60. The number of hydrogen-bond acceptors (Lipinski definition) is 3. The first kappa shape index (κ1) is 10.8. The summed E-state index contributed by atoms with van der Waals surface area (Å²) in [4.78, 5) is 4.32. The summed E-state index contributed by atoms with van der Waals surface area (Å²) >= 11 is 1.63. The van der Waals surface area contributed by atoms with Crippen LogP contribution in [0.5, 0.6) is 0 Å². The lowest BCUT2D eigenvalue weighted by Gasteiger charge is -2.00. The molecule has 0 aliphatic rings. The maximum Gasteiger partial charge on any atom is 0.225 e. The first-order valence-electron chi connectivity index (χ1n) is 4.64. The third-order valence-corrected chi connectivity index (χ3v) is 3.41. The summed E-state index contributed by atoms with van der Waals surface area (Å²) in [7, 11) is 0. The zero-order valence-corrected chi connectivity index (χ0v) is 9.41. The van der Waals surface area contributed by atoms with E-state index >= 15 is 0 Å². The summed E-state index contributed by atoms with van der Waals surface area (Å²) < 4.78 is 1.98. The molecule has 1 aromatic carbocycles. The lowest BCUT2D eigenvalue weighted by molar-refractivity contribution is -0.575. The van der Waals surface area contributed by atoms with Gasteiger partial charge in [0.25, 0.3) is 0 Å². The van der Waals surface area contributed by atoms with E-state index in [1.165, 1.54) is 0 Å². The monoisotopic (exact) mass is 234 g/mol. The highest BCUT2D eigenvalue weighted by atomic mass is 32.1. The maximum atomic E-state index is 11.7. The van der Waals surface area contributed by atoms with E-state index in [2.05, 4.69) is 4.98 Å². The number of thiazole rings is 1.